The smallest absolute Gasteiger partial charge is 0.408 e. The Morgan fingerprint density at radius 3 is 2.53 bits per heavy atom. The Morgan fingerprint density at radius 1 is 1.40 bits per heavy atom. The summed E-state index contributed by atoms with van der Waals surface area (Å²) in [5.41, 5.74) is 0. The van der Waals surface area contributed by atoms with E-state index >= 15 is 0 Å². The average molecular weight is 362 g/mol. The molecule has 0 radical (unpaired) electrons. The van der Waals surface area contributed by atoms with Crippen LogP contribution in [0, 0.1) is 3.57 Å². The Labute approximate surface area is 104 Å². The van der Waals surface area contributed by atoms with Crippen LogP contribution in [0.5, 0.6) is 5.75 Å². The highest BCUT2D eigenvalue weighted by Crippen LogP contribution is 2.19. The number of hydrogen-bond donors (Lipinski definition) is 1. The van der Waals surface area contributed by atoms with Crippen LogP contribution < -0.4 is 9.46 Å². The molecule has 0 saturated carbocycles. The van der Waals surface area contributed by atoms with Crippen molar-refractivity contribution in [2.45, 2.75) is 0 Å². The molecule has 0 aromatic heterocycles. The fourth-order valence-corrected chi connectivity index (χ4v) is 1.67. The number of carbonyl (C=O) groups excluding carboxylic acids is 1. The second-order valence-corrected chi connectivity index (χ2v) is 5.82. The van der Waals surface area contributed by atoms with Gasteiger partial charge in [0.2, 0.25) is 0 Å². The van der Waals surface area contributed by atoms with Gasteiger partial charge in [-0.05, 0) is 34.7 Å². The van der Waals surface area contributed by atoms with Gasteiger partial charge in [0, 0.05) is 10.7 Å². The maximum Gasteiger partial charge on any atom is 0.427 e. The summed E-state index contributed by atoms with van der Waals surface area (Å²) in [6.07, 6.45) is -1.14. The number of nitrogens with one attached hydrogen (secondary N) is 1. The number of amides is 1. The third kappa shape index (κ3) is 4.67. The van der Waals surface area contributed by atoms with Gasteiger partial charge in [0.15, 0.2) is 0 Å². The number of rotatable bonds is 2. The minimum absolute atomic E-state index is 0.260. The summed E-state index contributed by atoms with van der Waals surface area (Å²) < 4.78 is 27.8. The van der Waals surface area contributed by atoms with Gasteiger partial charge in [-0.3, -0.25) is 0 Å². The molecule has 0 atom stereocenters. The molecule has 0 unspecified atom stereocenters. The van der Waals surface area contributed by atoms with Crippen molar-refractivity contribution in [2.24, 2.45) is 0 Å². The molecule has 0 aliphatic carbocycles. The van der Waals surface area contributed by atoms with Gasteiger partial charge in [-0.2, -0.15) is 8.42 Å². The Kier molecular flexibility index (Phi) is 4.17. The molecule has 1 amide bonds. The van der Waals surface area contributed by atoms with Crippen LogP contribution in [-0.2, 0) is 9.24 Å². The zero-order chi connectivity index (χ0) is 11.5. The Morgan fingerprint density at radius 2 is 2.00 bits per heavy atom. The standard InChI is InChI=1S/C7H5ClINO4S/c8-15(12,13)10-7(11)14-6-4-2-1-3-5(6)9/h1-4H,(H,10,11). The van der Waals surface area contributed by atoms with E-state index in [1.165, 1.54) is 10.8 Å². The molecule has 0 heterocycles. The lowest BCUT2D eigenvalue weighted by Crippen LogP contribution is -2.29. The summed E-state index contributed by atoms with van der Waals surface area (Å²) in [4.78, 5) is 11.0. The first kappa shape index (κ1) is 12.5. The highest BCUT2D eigenvalue weighted by atomic mass is 127. The zero-order valence-corrected chi connectivity index (χ0v) is 10.8. The summed E-state index contributed by atoms with van der Waals surface area (Å²) >= 11 is 1.94. The van der Waals surface area contributed by atoms with Crippen molar-refractivity contribution in [3.63, 3.8) is 0 Å². The van der Waals surface area contributed by atoms with Crippen molar-refractivity contribution in [2.75, 3.05) is 0 Å². The van der Waals surface area contributed by atoms with Crippen molar-refractivity contribution in [1.29, 1.82) is 0 Å². The zero-order valence-electron chi connectivity index (χ0n) is 7.11. The molecule has 15 heavy (non-hydrogen) atoms. The maximum atomic E-state index is 11.0. The Hall–Kier alpha value is -0.540. The minimum atomic E-state index is -4.11. The number of benzene rings is 1. The van der Waals surface area contributed by atoms with Crippen molar-refractivity contribution >= 4 is 48.6 Å². The van der Waals surface area contributed by atoms with Crippen LogP contribution in [-0.4, -0.2) is 14.5 Å². The van der Waals surface area contributed by atoms with Crippen LogP contribution in [0.15, 0.2) is 24.3 Å². The lowest BCUT2D eigenvalue weighted by Gasteiger charge is -2.05. The molecular formula is C7H5ClINO4S. The fourth-order valence-electron chi connectivity index (χ4n) is 0.748. The molecule has 0 fully saturated rings. The summed E-state index contributed by atoms with van der Waals surface area (Å²) in [5.74, 6) is 0.260. The van der Waals surface area contributed by atoms with Gasteiger partial charge in [-0.25, -0.2) is 9.52 Å². The quantitative estimate of drug-likeness (QED) is 0.645. The first-order chi connectivity index (χ1) is 6.88. The molecule has 1 aromatic carbocycles. The van der Waals surface area contributed by atoms with E-state index < -0.39 is 15.3 Å². The van der Waals surface area contributed by atoms with Crippen LogP contribution >= 0.6 is 33.3 Å². The predicted molar refractivity (Wildman–Crippen MR) is 63.1 cm³/mol. The topological polar surface area (TPSA) is 72.5 Å². The van der Waals surface area contributed by atoms with Gasteiger partial charge in [0.05, 0.1) is 3.57 Å². The molecule has 0 spiro atoms. The van der Waals surface area contributed by atoms with E-state index in [1.54, 1.807) is 18.2 Å². The number of ether oxygens (including phenoxy) is 1. The van der Waals surface area contributed by atoms with Gasteiger partial charge in [0.25, 0.3) is 0 Å². The van der Waals surface area contributed by atoms with E-state index in [4.69, 9.17) is 15.4 Å². The van der Waals surface area contributed by atoms with Crippen LogP contribution in [0.3, 0.4) is 0 Å². The van der Waals surface area contributed by atoms with E-state index in [0.29, 0.717) is 3.57 Å². The minimum Gasteiger partial charge on any atom is -0.408 e. The molecule has 8 heteroatoms. The molecule has 1 N–H and O–H groups in total. The highest BCUT2D eigenvalue weighted by Gasteiger charge is 2.13. The molecule has 1 aromatic rings. The molecule has 5 nitrogen and oxygen atoms in total. The van der Waals surface area contributed by atoms with Crippen molar-refractivity contribution < 1.29 is 17.9 Å². The fraction of sp³-hybridized carbons (Fsp3) is 0. The summed E-state index contributed by atoms with van der Waals surface area (Å²) in [5, 5.41) is 0. The molecular weight excluding hydrogens is 357 g/mol. The monoisotopic (exact) mass is 361 g/mol. The third-order valence-corrected chi connectivity index (χ3v) is 2.78. The summed E-state index contributed by atoms with van der Waals surface area (Å²) in [7, 11) is 0.681. The first-order valence-electron chi connectivity index (χ1n) is 3.57. The maximum absolute atomic E-state index is 11.0. The average Bonchev–Trinajstić information content (AvgIpc) is 2.05. The lowest BCUT2D eigenvalue weighted by molar-refractivity contribution is 0.206. The number of para-hydroxylation sites is 1. The van der Waals surface area contributed by atoms with Gasteiger partial charge in [-0.1, -0.05) is 12.1 Å². The third-order valence-electron chi connectivity index (χ3n) is 1.24. The second-order valence-electron chi connectivity index (χ2n) is 2.36. The van der Waals surface area contributed by atoms with Gasteiger partial charge in [-0.15, -0.1) is 0 Å². The summed E-state index contributed by atoms with van der Waals surface area (Å²) in [6.45, 7) is 0. The van der Waals surface area contributed by atoms with E-state index in [9.17, 15) is 13.2 Å². The molecule has 0 aliphatic rings. The normalized spacial score (nSPS) is 10.8. The Bertz CT molecular complexity index is 476. The largest absolute Gasteiger partial charge is 0.427 e. The van der Waals surface area contributed by atoms with Crippen molar-refractivity contribution in [3.05, 3.63) is 27.8 Å². The van der Waals surface area contributed by atoms with E-state index in [-0.39, 0.29) is 5.75 Å². The number of hydrogen-bond acceptors (Lipinski definition) is 4. The van der Waals surface area contributed by atoms with Gasteiger partial charge >= 0.3 is 15.3 Å². The first-order valence-corrected chi connectivity index (χ1v) is 6.96. The molecule has 1 rings (SSSR count). The van der Waals surface area contributed by atoms with Crippen LogP contribution in [0.25, 0.3) is 0 Å². The van der Waals surface area contributed by atoms with Crippen LogP contribution in [0.1, 0.15) is 0 Å². The van der Waals surface area contributed by atoms with E-state index in [1.807, 2.05) is 22.6 Å². The highest BCUT2D eigenvalue weighted by molar-refractivity contribution is 14.1. The van der Waals surface area contributed by atoms with Crippen molar-refractivity contribution in [3.8, 4) is 5.75 Å². The molecule has 0 bridgehead atoms. The number of carbonyl (C=O) groups is 1. The summed E-state index contributed by atoms with van der Waals surface area (Å²) in [6, 6.07) is 6.64. The van der Waals surface area contributed by atoms with E-state index in [0.717, 1.165) is 0 Å². The SMILES string of the molecule is O=C(NS(=O)(=O)Cl)Oc1ccccc1I. The molecule has 82 valence electrons. The van der Waals surface area contributed by atoms with Gasteiger partial charge < -0.3 is 4.74 Å². The predicted octanol–water partition coefficient (Wildman–Crippen LogP) is 1.86. The van der Waals surface area contributed by atoms with Crippen molar-refractivity contribution in [1.82, 2.24) is 4.72 Å². The van der Waals surface area contributed by atoms with Crippen LogP contribution in [0.2, 0.25) is 0 Å². The second kappa shape index (κ2) is 4.99. The van der Waals surface area contributed by atoms with Crippen LogP contribution in [0.4, 0.5) is 4.79 Å². The lowest BCUT2D eigenvalue weighted by atomic mass is 10.3. The number of halogens is 2. The molecule has 0 saturated heterocycles. The van der Waals surface area contributed by atoms with Gasteiger partial charge in [0.1, 0.15) is 5.75 Å². The molecule has 0 aliphatic heterocycles. The Balaban J connectivity index is 2.72. The van der Waals surface area contributed by atoms with E-state index in [2.05, 4.69) is 0 Å².